The molecule has 15 heavy (non-hydrogen) atoms. The van der Waals surface area contributed by atoms with Gasteiger partial charge in [0.15, 0.2) is 0 Å². The van der Waals surface area contributed by atoms with Gasteiger partial charge in [-0.1, -0.05) is 13.3 Å². The van der Waals surface area contributed by atoms with E-state index >= 15 is 0 Å². The largest absolute Gasteiger partial charge is 1.00 e. The Morgan fingerprint density at radius 2 is 1.87 bits per heavy atom. The summed E-state index contributed by atoms with van der Waals surface area (Å²) < 4.78 is 43.3. The third kappa shape index (κ3) is 10.9. The van der Waals surface area contributed by atoms with Crippen LogP contribution in [0.15, 0.2) is 18.7 Å². The summed E-state index contributed by atoms with van der Waals surface area (Å²) in [6.07, 6.45) is 8.82. The van der Waals surface area contributed by atoms with E-state index in [-0.39, 0.29) is 1.43 Å². The van der Waals surface area contributed by atoms with E-state index in [9.17, 15) is 17.3 Å². The first kappa shape index (κ1) is 14.0. The molecule has 0 bridgehead atoms. The van der Waals surface area contributed by atoms with Gasteiger partial charge in [0.25, 0.3) is 0 Å². The van der Waals surface area contributed by atoms with Crippen molar-refractivity contribution in [3.63, 3.8) is 0 Å². The fourth-order valence-corrected chi connectivity index (χ4v) is 0.975. The first-order chi connectivity index (χ1) is 6.83. The molecule has 0 spiro atoms. The van der Waals surface area contributed by atoms with E-state index in [0.29, 0.717) is 0 Å². The molecule has 0 unspecified atom stereocenters. The van der Waals surface area contributed by atoms with Crippen LogP contribution in [0.5, 0.6) is 0 Å². The highest BCUT2D eigenvalue weighted by atomic mass is 19.5. The molecule has 1 heterocycles. The molecule has 0 fully saturated rings. The number of aromatic nitrogens is 2. The molecule has 2 nitrogen and oxygen atoms in total. The summed E-state index contributed by atoms with van der Waals surface area (Å²) in [6, 6.07) is 0. The van der Waals surface area contributed by atoms with Gasteiger partial charge in [0.1, 0.15) is 12.4 Å². The van der Waals surface area contributed by atoms with Gasteiger partial charge in [-0.05, 0) is 6.42 Å². The Balaban J connectivity index is 0. The van der Waals surface area contributed by atoms with E-state index in [1.165, 1.54) is 12.8 Å². The second-order valence-corrected chi connectivity index (χ2v) is 3.17. The molecular formula is C8H16BF4N2+. The second-order valence-electron chi connectivity index (χ2n) is 3.17. The average molecular weight is 227 g/mol. The summed E-state index contributed by atoms with van der Waals surface area (Å²) >= 11 is 0. The molecule has 88 valence electrons. The summed E-state index contributed by atoms with van der Waals surface area (Å²) in [5.74, 6) is 0. The molecule has 1 aromatic rings. The number of imidazole rings is 1. The molecule has 0 amide bonds. The van der Waals surface area contributed by atoms with Gasteiger partial charge in [0.2, 0.25) is 6.33 Å². The highest BCUT2D eigenvalue weighted by molar-refractivity contribution is 6.50. The van der Waals surface area contributed by atoms with Crippen LogP contribution in [0.4, 0.5) is 17.3 Å². The zero-order valence-electron chi connectivity index (χ0n) is 9.84. The summed E-state index contributed by atoms with van der Waals surface area (Å²) in [4.78, 5) is 0. The van der Waals surface area contributed by atoms with Crippen LogP contribution in [0.3, 0.4) is 0 Å². The number of aryl methyl sites for hydroxylation is 2. The Morgan fingerprint density at radius 1 is 1.33 bits per heavy atom. The molecule has 0 radical (unpaired) electrons. The molecule has 0 aliphatic heterocycles. The molecule has 0 N–H and O–H groups in total. The quantitative estimate of drug-likeness (QED) is 0.426. The highest BCUT2D eigenvalue weighted by Crippen LogP contribution is 2.06. The first-order valence-electron chi connectivity index (χ1n) is 4.71. The van der Waals surface area contributed by atoms with Crippen molar-refractivity contribution in [3.05, 3.63) is 18.7 Å². The predicted octanol–water partition coefficient (Wildman–Crippen LogP) is 2.53. The van der Waals surface area contributed by atoms with Gasteiger partial charge in [0, 0.05) is 0 Å². The van der Waals surface area contributed by atoms with Gasteiger partial charge >= 0.3 is 8.68 Å². The van der Waals surface area contributed by atoms with Crippen molar-refractivity contribution in [2.24, 2.45) is 7.05 Å². The molecule has 0 saturated heterocycles. The van der Waals surface area contributed by atoms with E-state index < -0.39 is 7.25 Å². The first-order valence-corrected chi connectivity index (χ1v) is 4.71. The Kier molecular flexibility index (Phi) is 6.04. The number of unbranched alkanes of at least 4 members (excludes halogenated alkanes) is 1. The minimum Gasteiger partial charge on any atom is -0.418 e. The fourth-order valence-electron chi connectivity index (χ4n) is 0.975. The zero-order valence-corrected chi connectivity index (χ0v) is 8.84. The summed E-state index contributed by atoms with van der Waals surface area (Å²) in [7, 11) is -3.96. The van der Waals surface area contributed by atoms with Crippen molar-refractivity contribution in [3.8, 4) is 0 Å². The second kappa shape index (κ2) is 6.47. The maximum Gasteiger partial charge on any atom is 1.00 e. The van der Waals surface area contributed by atoms with E-state index in [0.717, 1.165) is 6.54 Å². The molecule has 0 aliphatic rings. The van der Waals surface area contributed by atoms with Gasteiger partial charge in [-0.3, -0.25) is 0 Å². The van der Waals surface area contributed by atoms with Crippen LogP contribution < -0.4 is 4.57 Å². The van der Waals surface area contributed by atoms with E-state index in [1.807, 2.05) is 7.05 Å². The van der Waals surface area contributed by atoms with Crippen molar-refractivity contribution >= 4 is 7.25 Å². The van der Waals surface area contributed by atoms with Crippen LogP contribution in [0, 0.1) is 0 Å². The van der Waals surface area contributed by atoms with Crippen LogP contribution in [-0.4, -0.2) is 11.8 Å². The third-order valence-corrected chi connectivity index (χ3v) is 1.59. The molecule has 0 aromatic carbocycles. The van der Waals surface area contributed by atoms with Gasteiger partial charge in [-0.15, -0.1) is 0 Å². The number of rotatable bonds is 3. The number of hydrogen-bond acceptors (Lipinski definition) is 0. The lowest BCUT2D eigenvalue weighted by molar-refractivity contribution is -0.671. The van der Waals surface area contributed by atoms with Gasteiger partial charge in [-0.25, -0.2) is 9.13 Å². The third-order valence-electron chi connectivity index (χ3n) is 1.59. The van der Waals surface area contributed by atoms with Crippen LogP contribution >= 0.6 is 0 Å². The Morgan fingerprint density at radius 3 is 2.20 bits per heavy atom. The van der Waals surface area contributed by atoms with E-state index in [1.54, 1.807) is 0 Å². The highest BCUT2D eigenvalue weighted by Gasteiger charge is 2.20. The maximum absolute atomic E-state index is 9.75. The Bertz CT molecular complexity index is 271. The molecule has 1 rings (SSSR count). The Labute approximate surface area is 88.1 Å². The minimum absolute atomic E-state index is 0. The predicted molar refractivity (Wildman–Crippen MR) is 51.8 cm³/mol. The molecule has 0 atom stereocenters. The lowest BCUT2D eigenvalue weighted by Crippen LogP contribution is -2.23. The van der Waals surface area contributed by atoms with E-state index in [4.69, 9.17) is 0 Å². The molecule has 7 heteroatoms. The zero-order chi connectivity index (χ0) is 11.9. The minimum atomic E-state index is -6.00. The smallest absolute Gasteiger partial charge is 0.418 e. The van der Waals surface area contributed by atoms with Crippen LogP contribution in [0.25, 0.3) is 0 Å². The molecule has 0 saturated carbocycles. The topological polar surface area (TPSA) is 8.81 Å². The SMILES string of the molecule is CCCCn1cc[n+](C)c1.F[B-](F)(F)F.[H+]. The molecule has 0 aliphatic carbocycles. The van der Waals surface area contributed by atoms with Crippen LogP contribution in [0.1, 0.15) is 21.2 Å². The van der Waals surface area contributed by atoms with E-state index in [2.05, 4.69) is 34.8 Å². The normalized spacial score (nSPS) is 10.8. The lowest BCUT2D eigenvalue weighted by atomic mass is 10.3. The van der Waals surface area contributed by atoms with Crippen LogP contribution in [0.2, 0.25) is 0 Å². The van der Waals surface area contributed by atoms with Gasteiger partial charge in [0.05, 0.1) is 13.6 Å². The maximum atomic E-state index is 9.75. The number of nitrogens with zero attached hydrogens (tertiary/aromatic N) is 2. The van der Waals surface area contributed by atoms with Crippen LogP contribution in [-0.2, 0) is 13.6 Å². The van der Waals surface area contributed by atoms with Crippen molar-refractivity contribution in [1.82, 2.24) is 4.57 Å². The number of hydrogen-bond donors (Lipinski definition) is 0. The standard InChI is InChI=1S/C8H15N2.BF4/c1-3-4-5-10-7-6-9(2)8-10;2-1(3,4)5/h6-8H,3-5H2,1-2H3;/q+1;-1/p+1. The average Bonchev–Trinajstić information content (AvgIpc) is 2.45. The summed E-state index contributed by atoms with van der Waals surface area (Å²) in [5, 5.41) is 0. The monoisotopic (exact) mass is 227 g/mol. The fraction of sp³-hybridized carbons (Fsp3) is 0.625. The summed E-state index contributed by atoms with van der Waals surface area (Å²) in [6.45, 7) is 3.36. The van der Waals surface area contributed by atoms with Gasteiger partial charge in [-0.2, -0.15) is 0 Å². The Hall–Kier alpha value is -1.01. The molecular weight excluding hydrogens is 211 g/mol. The van der Waals surface area contributed by atoms with Crippen molar-refractivity contribution in [2.45, 2.75) is 26.3 Å². The van der Waals surface area contributed by atoms with Crippen molar-refractivity contribution < 1.29 is 23.3 Å². The van der Waals surface area contributed by atoms with Crippen molar-refractivity contribution in [2.75, 3.05) is 0 Å². The number of halogens is 4. The van der Waals surface area contributed by atoms with Crippen molar-refractivity contribution in [1.29, 1.82) is 0 Å². The lowest BCUT2D eigenvalue weighted by Gasteiger charge is -1.94. The summed E-state index contributed by atoms with van der Waals surface area (Å²) in [5.41, 5.74) is 0. The molecule has 1 aromatic heterocycles. The van der Waals surface area contributed by atoms with Gasteiger partial charge < -0.3 is 17.3 Å².